The quantitative estimate of drug-likeness (QED) is 0.687. The Kier molecular flexibility index (Phi) is 6.47. The minimum Gasteiger partial charge on any atom is -0.497 e. The number of amides is 1. The summed E-state index contributed by atoms with van der Waals surface area (Å²) in [5.41, 5.74) is 1.09. The van der Waals surface area contributed by atoms with Crippen molar-refractivity contribution in [3.8, 4) is 5.75 Å². The number of allylic oxidation sites excluding steroid dienone is 1. The van der Waals surface area contributed by atoms with Crippen LogP contribution in [0.15, 0.2) is 40.1 Å². The molecule has 3 fully saturated rings. The first kappa shape index (κ1) is 23.7. The van der Waals surface area contributed by atoms with Crippen LogP contribution in [0.1, 0.15) is 45.4 Å². The normalized spacial score (nSPS) is 25.0. The summed E-state index contributed by atoms with van der Waals surface area (Å²) in [4.78, 5) is 46.2. The maximum absolute atomic E-state index is 13.3. The number of H-pyrrole nitrogens is 1. The fourth-order valence-electron chi connectivity index (χ4n) is 5.87. The minimum atomic E-state index is -0.384. The predicted octanol–water partition coefficient (Wildman–Crippen LogP) is 2.96. The lowest BCUT2D eigenvalue weighted by molar-refractivity contribution is -0.139. The van der Waals surface area contributed by atoms with Crippen LogP contribution >= 0.6 is 0 Å². The van der Waals surface area contributed by atoms with Crippen molar-refractivity contribution in [2.75, 3.05) is 26.7 Å². The molecule has 0 radical (unpaired) electrons. The van der Waals surface area contributed by atoms with E-state index >= 15 is 0 Å². The number of hydrogen-bond donors (Lipinski definition) is 1. The van der Waals surface area contributed by atoms with Crippen LogP contribution < -0.4 is 16.0 Å². The van der Waals surface area contributed by atoms with Crippen LogP contribution in [0.5, 0.6) is 5.75 Å². The molecule has 35 heavy (non-hydrogen) atoms. The first-order valence-electron chi connectivity index (χ1n) is 12.9. The highest BCUT2D eigenvalue weighted by Crippen LogP contribution is 2.39. The number of aromatic nitrogens is 2. The molecule has 2 saturated carbocycles. The largest absolute Gasteiger partial charge is 0.497 e. The van der Waals surface area contributed by atoms with E-state index in [0.29, 0.717) is 35.2 Å². The minimum absolute atomic E-state index is 0.0347. The summed E-state index contributed by atoms with van der Waals surface area (Å²) in [5.74, 6) is 1.74. The summed E-state index contributed by atoms with van der Waals surface area (Å²) in [6.45, 7) is 9.26. The van der Waals surface area contributed by atoms with Gasteiger partial charge in [-0.1, -0.05) is 6.58 Å². The highest BCUT2D eigenvalue weighted by atomic mass is 16.5. The number of rotatable bonds is 6. The number of benzene rings is 1. The Labute approximate surface area is 205 Å². The summed E-state index contributed by atoms with van der Waals surface area (Å²) in [7, 11) is 1.55. The van der Waals surface area contributed by atoms with Gasteiger partial charge in [-0.05, 0) is 75.5 Å². The Balaban J connectivity index is 1.19. The van der Waals surface area contributed by atoms with E-state index in [-0.39, 0.29) is 29.0 Å². The van der Waals surface area contributed by atoms with Crippen molar-refractivity contribution in [2.24, 2.45) is 17.8 Å². The van der Waals surface area contributed by atoms with E-state index in [2.05, 4.69) is 23.4 Å². The Morgan fingerprint density at radius 3 is 2.46 bits per heavy atom. The van der Waals surface area contributed by atoms with Crippen LogP contribution in [0.2, 0.25) is 0 Å². The monoisotopic (exact) mass is 480 g/mol. The van der Waals surface area contributed by atoms with Crippen molar-refractivity contribution in [1.29, 1.82) is 0 Å². The average molecular weight is 481 g/mol. The number of methoxy groups -OCH3 is 1. The molecule has 0 bridgehead atoms. The molecule has 0 unspecified atom stereocenters. The fraction of sp³-hybridized carbons (Fsp3) is 0.593. The van der Waals surface area contributed by atoms with E-state index in [0.717, 1.165) is 45.3 Å². The first-order valence-corrected chi connectivity index (χ1v) is 12.9. The van der Waals surface area contributed by atoms with Crippen molar-refractivity contribution in [1.82, 2.24) is 19.4 Å². The third-order valence-electron chi connectivity index (χ3n) is 8.18. The number of piperazine rings is 1. The molecule has 1 N–H and O–H groups in total. The number of carbonyl (C=O) groups is 1. The van der Waals surface area contributed by atoms with E-state index in [1.54, 1.807) is 25.3 Å². The van der Waals surface area contributed by atoms with Gasteiger partial charge in [0.05, 0.1) is 18.0 Å². The van der Waals surface area contributed by atoms with Crippen LogP contribution in [0, 0.1) is 17.8 Å². The number of ether oxygens (including phenoxy) is 1. The lowest BCUT2D eigenvalue weighted by atomic mass is 9.81. The second-order valence-electron chi connectivity index (χ2n) is 10.6. The number of carbonyl (C=O) groups excluding carboxylic acids is 1. The number of hydrogen-bond acceptors (Lipinski definition) is 5. The molecule has 2 aromatic rings. The van der Waals surface area contributed by atoms with Crippen molar-refractivity contribution < 1.29 is 9.53 Å². The highest BCUT2D eigenvalue weighted by Gasteiger charge is 2.36. The molecule has 1 atom stereocenters. The molecular weight excluding hydrogens is 444 g/mol. The van der Waals surface area contributed by atoms with E-state index in [1.807, 2.05) is 4.90 Å². The Morgan fingerprint density at radius 1 is 1.09 bits per heavy atom. The Bertz CT molecular complexity index is 1240. The van der Waals surface area contributed by atoms with Crippen LogP contribution in [0.3, 0.4) is 0 Å². The molecule has 188 valence electrons. The highest BCUT2D eigenvalue weighted by molar-refractivity contribution is 5.79. The summed E-state index contributed by atoms with van der Waals surface area (Å²) in [6.07, 6.45) is 5.79. The molecule has 1 saturated heterocycles. The molecule has 1 aromatic heterocycles. The standard InChI is InChI=1S/C27H36N4O4/c1-17-15-29(12-13-30(17)18(2)20-8-9-20)25(32)21-6-4-19(5-7-21)16-31-26(33)23-14-22(35-3)10-11-24(23)28-27(31)34/h10-11,14,17,19-21H,2,4-9,12-13,15-16H2,1,3H3,(H,28,34)/t17-,19-,21-/m0/s1. The zero-order valence-corrected chi connectivity index (χ0v) is 20.8. The number of fused-ring (bicyclic) bond motifs is 1. The molecule has 3 aliphatic rings. The van der Waals surface area contributed by atoms with Gasteiger partial charge in [-0.25, -0.2) is 4.79 Å². The van der Waals surface area contributed by atoms with Gasteiger partial charge in [0.1, 0.15) is 5.75 Å². The van der Waals surface area contributed by atoms with Crippen LogP contribution in [-0.2, 0) is 11.3 Å². The summed E-state index contributed by atoms with van der Waals surface area (Å²) in [6, 6.07) is 5.40. The zero-order valence-electron chi connectivity index (χ0n) is 20.8. The van der Waals surface area contributed by atoms with Gasteiger partial charge < -0.3 is 19.5 Å². The molecule has 5 rings (SSSR count). The molecular formula is C27H36N4O4. The zero-order chi connectivity index (χ0) is 24.7. The Hall–Kier alpha value is -3.03. The van der Waals surface area contributed by atoms with E-state index < -0.39 is 0 Å². The summed E-state index contributed by atoms with van der Waals surface area (Å²) >= 11 is 0. The van der Waals surface area contributed by atoms with Crippen LogP contribution in [0.25, 0.3) is 10.9 Å². The van der Waals surface area contributed by atoms with Gasteiger partial charge in [0.15, 0.2) is 0 Å². The van der Waals surface area contributed by atoms with E-state index in [1.165, 1.54) is 23.1 Å². The number of aromatic amines is 1. The van der Waals surface area contributed by atoms with Crippen molar-refractivity contribution >= 4 is 16.8 Å². The number of nitrogens with one attached hydrogen (secondary N) is 1. The van der Waals surface area contributed by atoms with E-state index in [9.17, 15) is 14.4 Å². The second-order valence-corrected chi connectivity index (χ2v) is 10.6. The smallest absolute Gasteiger partial charge is 0.328 e. The topological polar surface area (TPSA) is 87.6 Å². The Morgan fingerprint density at radius 2 is 1.80 bits per heavy atom. The van der Waals surface area contributed by atoms with Gasteiger partial charge in [-0.2, -0.15) is 0 Å². The van der Waals surface area contributed by atoms with Crippen molar-refractivity contribution in [3.63, 3.8) is 0 Å². The van der Waals surface area contributed by atoms with Crippen LogP contribution in [0.4, 0.5) is 0 Å². The molecule has 8 nitrogen and oxygen atoms in total. The molecule has 8 heteroatoms. The van der Waals surface area contributed by atoms with Gasteiger partial charge in [-0.15, -0.1) is 0 Å². The van der Waals surface area contributed by atoms with Gasteiger partial charge in [0, 0.05) is 43.8 Å². The molecule has 2 heterocycles. The maximum atomic E-state index is 13.3. The third kappa shape index (κ3) is 4.75. The molecule has 1 aliphatic heterocycles. The van der Waals surface area contributed by atoms with Gasteiger partial charge in [0.25, 0.3) is 5.56 Å². The maximum Gasteiger partial charge on any atom is 0.328 e. The summed E-state index contributed by atoms with van der Waals surface area (Å²) in [5, 5.41) is 0.449. The second kappa shape index (κ2) is 9.55. The van der Waals surface area contributed by atoms with Crippen molar-refractivity contribution in [2.45, 2.75) is 58.0 Å². The lowest BCUT2D eigenvalue weighted by Gasteiger charge is -2.43. The first-order chi connectivity index (χ1) is 16.9. The molecule has 1 aromatic carbocycles. The van der Waals surface area contributed by atoms with Gasteiger partial charge >= 0.3 is 5.69 Å². The van der Waals surface area contributed by atoms with Gasteiger partial charge in [0.2, 0.25) is 5.91 Å². The van der Waals surface area contributed by atoms with Crippen LogP contribution in [-0.4, -0.2) is 58.0 Å². The fourth-order valence-corrected chi connectivity index (χ4v) is 5.87. The molecule has 2 aliphatic carbocycles. The lowest BCUT2D eigenvalue weighted by Crippen LogP contribution is -2.54. The summed E-state index contributed by atoms with van der Waals surface area (Å²) < 4.78 is 6.54. The molecule has 1 amide bonds. The molecule has 0 spiro atoms. The van der Waals surface area contributed by atoms with Crippen molar-refractivity contribution in [3.05, 3.63) is 51.3 Å². The third-order valence-corrected chi connectivity index (χ3v) is 8.18. The van der Waals surface area contributed by atoms with E-state index in [4.69, 9.17) is 4.74 Å². The predicted molar refractivity (Wildman–Crippen MR) is 135 cm³/mol. The average Bonchev–Trinajstić information content (AvgIpc) is 3.71. The number of nitrogens with zero attached hydrogens (tertiary/aromatic N) is 3. The SMILES string of the molecule is C=C(C1CC1)N1CCN(C(=O)[C@H]2CC[C@H](Cn3c(=O)[nH]c4ccc(OC)cc4c3=O)CC2)C[C@@H]1C. The van der Waals surface area contributed by atoms with Gasteiger partial charge in [-0.3, -0.25) is 14.2 Å².